The van der Waals surface area contributed by atoms with E-state index in [0.717, 1.165) is 23.3 Å². The van der Waals surface area contributed by atoms with E-state index in [1.807, 2.05) is 26.8 Å². The average molecular weight is 242 g/mol. The summed E-state index contributed by atoms with van der Waals surface area (Å²) in [6.07, 6.45) is 0.759. The monoisotopic (exact) mass is 241 g/mol. The van der Waals surface area contributed by atoms with Crippen molar-refractivity contribution >= 4 is 11.6 Å². The van der Waals surface area contributed by atoms with E-state index >= 15 is 0 Å². The topological polar surface area (TPSA) is 44.5 Å². The van der Waals surface area contributed by atoms with Crippen LogP contribution < -0.4 is 15.2 Å². The van der Waals surface area contributed by atoms with Crippen LogP contribution >= 0.6 is 11.6 Å². The van der Waals surface area contributed by atoms with Crippen molar-refractivity contribution in [1.82, 2.24) is 0 Å². The number of hydrogen-bond donors (Lipinski definition) is 1. The third-order valence-electron chi connectivity index (χ3n) is 2.60. The molecule has 0 unspecified atom stereocenters. The fraction of sp³-hybridized carbons (Fsp3) is 0.500. The third-order valence-corrected chi connectivity index (χ3v) is 2.88. The zero-order chi connectivity index (χ0) is 11.9. The molecule has 1 aromatic rings. The lowest BCUT2D eigenvalue weighted by molar-refractivity contribution is 0.173. The quantitative estimate of drug-likeness (QED) is 0.866. The Morgan fingerprint density at radius 1 is 1.38 bits per heavy atom. The normalized spacial score (nSPS) is 14.3. The first-order chi connectivity index (χ1) is 7.38. The molecule has 16 heavy (non-hydrogen) atoms. The highest BCUT2D eigenvalue weighted by molar-refractivity contribution is 6.32. The van der Waals surface area contributed by atoms with Gasteiger partial charge in [0.2, 0.25) is 6.79 Å². The highest BCUT2D eigenvalue weighted by Gasteiger charge is 2.24. The van der Waals surface area contributed by atoms with Gasteiger partial charge in [-0.25, -0.2) is 0 Å². The summed E-state index contributed by atoms with van der Waals surface area (Å²) in [4.78, 5) is 0. The molecule has 2 rings (SSSR count). The molecular weight excluding hydrogens is 226 g/mol. The van der Waals surface area contributed by atoms with Crippen LogP contribution in [0.4, 0.5) is 0 Å². The Balaban J connectivity index is 2.45. The van der Waals surface area contributed by atoms with Gasteiger partial charge in [-0.3, -0.25) is 0 Å². The molecule has 1 heterocycles. The maximum Gasteiger partial charge on any atom is 0.231 e. The molecule has 0 saturated heterocycles. The first-order valence-electron chi connectivity index (χ1n) is 5.25. The van der Waals surface area contributed by atoms with Gasteiger partial charge in [0.25, 0.3) is 0 Å². The Hall–Kier alpha value is -0.930. The molecule has 0 aromatic heterocycles. The number of ether oxygens (including phenoxy) is 2. The maximum atomic E-state index is 6.13. The van der Waals surface area contributed by atoms with Crippen molar-refractivity contribution in [2.45, 2.75) is 32.7 Å². The highest BCUT2D eigenvalue weighted by Crippen LogP contribution is 2.43. The molecule has 1 aliphatic heterocycles. The molecule has 2 N–H and O–H groups in total. The van der Waals surface area contributed by atoms with Gasteiger partial charge in [-0.2, -0.15) is 0 Å². The van der Waals surface area contributed by atoms with Gasteiger partial charge in [-0.1, -0.05) is 11.6 Å². The van der Waals surface area contributed by atoms with Gasteiger partial charge < -0.3 is 15.2 Å². The first kappa shape index (κ1) is 11.6. The van der Waals surface area contributed by atoms with Gasteiger partial charge in [0.15, 0.2) is 11.5 Å². The van der Waals surface area contributed by atoms with E-state index in [-0.39, 0.29) is 12.3 Å². The van der Waals surface area contributed by atoms with Crippen LogP contribution in [-0.4, -0.2) is 12.3 Å². The number of rotatable bonds is 2. The highest BCUT2D eigenvalue weighted by atomic mass is 35.5. The lowest BCUT2D eigenvalue weighted by Crippen LogP contribution is -2.34. The molecule has 0 amide bonds. The molecule has 88 valence electrons. The van der Waals surface area contributed by atoms with Crippen LogP contribution in [0.15, 0.2) is 6.07 Å². The van der Waals surface area contributed by atoms with Gasteiger partial charge >= 0.3 is 0 Å². The Morgan fingerprint density at radius 3 is 2.62 bits per heavy atom. The molecule has 1 aliphatic rings. The molecule has 0 aliphatic carbocycles. The van der Waals surface area contributed by atoms with Crippen LogP contribution in [0, 0.1) is 6.92 Å². The van der Waals surface area contributed by atoms with Crippen molar-refractivity contribution in [3.05, 3.63) is 22.2 Å². The average Bonchev–Trinajstić information content (AvgIpc) is 2.60. The number of halogens is 1. The summed E-state index contributed by atoms with van der Waals surface area (Å²) in [5, 5.41) is 0.595. The minimum Gasteiger partial charge on any atom is -0.453 e. The minimum absolute atomic E-state index is 0.241. The van der Waals surface area contributed by atoms with E-state index in [4.69, 9.17) is 26.8 Å². The largest absolute Gasteiger partial charge is 0.453 e. The minimum atomic E-state index is -0.262. The second kappa shape index (κ2) is 3.82. The van der Waals surface area contributed by atoms with E-state index < -0.39 is 0 Å². The molecule has 0 bridgehead atoms. The summed E-state index contributed by atoms with van der Waals surface area (Å²) in [6.45, 7) is 6.23. The lowest BCUT2D eigenvalue weighted by atomic mass is 9.93. The van der Waals surface area contributed by atoms with Crippen molar-refractivity contribution in [2.75, 3.05) is 6.79 Å². The van der Waals surface area contributed by atoms with E-state index in [1.54, 1.807) is 0 Å². The molecule has 0 spiro atoms. The fourth-order valence-corrected chi connectivity index (χ4v) is 2.15. The predicted molar refractivity (Wildman–Crippen MR) is 64.3 cm³/mol. The van der Waals surface area contributed by atoms with Crippen molar-refractivity contribution in [3.8, 4) is 11.5 Å². The summed E-state index contributed by atoms with van der Waals surface area (Å²) < 4.78 is 10.7. The Morgan fingerprint density at radius 2 is 2.00 bits per heavy atom. The maximum absolute atomic E-state index is 6.13. The molecule has 4 heteroatoms. The van der Waals surface area contributed by atoms with Crippen LogP contribution in [0.1, 0.15) is 25.0 Å². The second-order valence-electron chi connectivity index (χ2n) is 4.87. The SMILES string of the molecule is Cc1c(CC(C)(C)N)cc(Cl)c2c1OCO2. The van der Waals surface area contributed by atoms with Crippen molar-refractivity contribution in [2.24, 2.45) is 5.73 Å². The molecule has 0 radical (unpaired) electrons. The van der Waals surface area contributed by atoms with Crippen LogP contribution in [0.5, 0.6) is 11.5 Å². The number of benzene rings is 1. The summed E-state index contributed by atoms with van der Waals surface area (Å²) in [5.74, 6) is 1.41. The smallest absolute Gasteiger partial charge is 0.231 e. The third kappa shape index (κ3) is 2.11. The number of nitrogens with two attached hydrogens (primary N) is 1. The zero-order valence-corrected chi connectivity index (χ0v) is 10.5. The van der Waals surface area contributed by atoms with Gasteiger partial charge in [-0.05, 0) is 44.4 Å². The predicted octanol–water partition coefficient (Wildman–Crippen LogP) is 2.66. The number of hydrogen-bond acceptors (Lipinski definition) is 3. The molecule has 0 fully saturated rings. The number of fused-ring (bicyclic) bond motifs is 1. The van der Waals surface area contributed by atoms with Crippen LogP contribution in [0.25, 0.3) is 0 Å². The van der Waals surface area contributed by atoms with Crippen molar-refractivity contribution < 1.29 is 9.47 Å². The Kier molecular flexibility index (Phi) is 2.76. The zero-order valence-electron chi connectivity index (χ0n) is 9.76. The molecule has 1 aromatic carbocycles. The van der Waals surface area contributed by atoms with Gasteiger partial charge in [0.1, 0.15) is 0 Å². The Labute approximate surface area is 100 Å². The summed E-state index contributed by atoms with van der Waals surface area (Å²) >= 11 is 6.13. The van der Waals surface area contributed by atoms with Crippen molar-refractivity contribution in [3.63, 3.8) is 0 Å². The van der Waals surface area contributed by atoms with E-state index in [0.29, 0.717) is 10.8 Å². The summed E-state index contributed by atoms with van der Waals surface area (Å²) in [5.41, 5.74) is 7.93. The Bertz CT molecular complexity index is 424. The van der Waals surface area contributed by atoms with Crippen LogP contribution in [0.2, 0.25) is 5.02 Å². The standard InChI is InChI=1S/C12H16ClNO2/c1-7-8(5-12(2,3)14)4-9(13)11-10(7)15-6-16-11/h4H,5-6,14H2,1-3H3. The van der Waals surface area contributed by atoms with E-state index in [9.17, 15) is 0 Å². The first-order valence-corrected chi connectivity index (χ1v) is 5.63. The fourth-order valence-electron chi connectivity index (χ4n) is 1.88. The second-order valence-corrected chi connectivity index (χ2v) is 5.28. The molecular formula is C12H16ClNO2. The molecule has 3 nitrogen and oxygen atoms in total. The summed E-state index contributed by atoms with van der Waals surface area (Å²) in [6, 6.07) is 1.92. The van der Waals surface area contributed by atoms with Gasteiger partial charge in [0.05, 0.1) is 5.02 Å². The van der Waals surface area contributed by atoms with Crippen LogP contribution in [0.3, 0.4) is 0 Å². The van der Waals surface area contributed by atoms with Gasteiger partial charge in [-0.15, -0.1) is 0 Å². The van der Waals surface area contributed by atoms with E-state index in [1.165, 1.54) is 0 Å². The van der Waals surface area contributed by atoms with Gasteiger partial charge in [0, 0.05) is 5.54 Å². The molecule has 0 atom stereocenters. The van der Waals surface area contributed by atoms with Crippen LogP contribution in [-0.2, 0) is 6.42 Å². The van der Waals surface area contributed by atoms with Crippen molar-refractivity contribution in [1.29, 1.82) is 0 Å². The summed E-state index contributed by atoms with van der Waals surface area (Å²) in [7, 11) is 0. The molecule has 0 saturated carbocycles. The lowest BCUT2D eigenvalue weighted by Gasteiger charge is -2.20. The van der Waals surface area contributed by atoms with E-state index in [2.05, 4.69) is 0 Å².